The molecule has 0 unspecified atom stereocenters. The fraction of sp³-hybridized carbons (Fsp3) is 0.688. The first-order chi connectivity index (χ1) is 11.2. The highest BCUT2D eigenvalue weighted by atomic mass is 127. The van der Waals surface area contributed by atoms with Gasteiger partial charge >= 0.3 is 0 Å². The van der Waals surface area contributed by atoms with Crippen LogP contribution >= 0.6 is 24.0 Å². The third-order valence-electron chi connectivity index (χ3n) is 4.27. The van der Waals surface area contributed by atoms with Crippen molar-refractivity contribution >= 4 is 35.8 Å². The number of carbonyl (C=O) groups is 1. The third-order valence-corrected chi connectivity index (χ3v) is 4.27. The highest BCUT2D eigenvalue weighted by Crippen LogP contribution is 2.20. The molecule has 1 aromatic heterocycles. The zero-order valence-electron chi connectivity index (χ0n) is 14.7. The van der Waals surface area contributed by atoms with Gasteiger partial charge in [0.2, 0.25) is 5.91 Å². The summed E-state index contributed by atoms with van der Waals surface area (Å²) < 4.78 is 5.28. The molecular formula is C16H28IN5O2. The standard InChI is InChI=1S/C16H27N5O2.HI/c1-4-13-10-14(23-20-13)11-19-16(18-3)21-7-5-12(6-8-21)9-15(22)17-2;/h10,12H,4-9,11H2,1-3H3,(H,17,22)(H,18,19);1H. The lowest BCUT2D eigenvalue weighted by Gasteiger charge is -2.33. The van der Waals surface area contributed by atoms with Crippen LogP contribution in [0.4, 0.5) is 0 Å². The van der Waals surface area contributed by atoms with Crippen LogP contribution in [0.1, 0.15) is 37.6 Å². The van der Waals surface area contributed by atoms with Crippen LogP contribution < -0.4 is 10.6 Å². The summed E-state index contributed by atoms with van der Waals surface area (Å²) in [5.41, 5.74) is 0.965. The summed E-state index contributed by atoms with van der Waals surface area (Å²) in [4.78, 5) is 18.0. The van der Waals surface area contributed by atoms with Crippen LogP contribution in [0.15, 0.2) is 15.6 Å². The van der Waals surface area contributed by atoms with Crippen LogP contribution in [0.3, 0.4) is 0 Å². The average molecular weight is 449 g/mol. The van der Waals surface area contributed by atoms with Crippen molar-refractivity contribution in [1.82, 2.24) is 20.7 Å². The van der Waals surface area contributed by atoms with Gasteiger partial charge in [0.25, 0.3) is 0 Å². The number of rotatable bonds is 5. The molecular weight excluding hydrogens is 421 g/mol. The van der Waals surface area contributed by atoms with Crippen molar-refractivity contribution < 1.29 is 9.32 Å². The molecule has 0 spiro atoms. The predicted molar refractivity (Wildman–Crippen MR) is 104 cm³/mol. The van der Waals surface area contributed by atoms with Crippen molar-refractivity contribution in [1.29, 1.82) is 0 Å². The Kier molecular flexibility index (Phi) is 9.09. The van der Waals surface area contributed by atoms with Crippen molar-refractivity contribution in [2.75, 3.05) is 27.2 Å². The second-order valence-corrected chi connectivity index (χ2v) is 5.85. The molecule has 2 heterocycles. The minimum atomic E-state index is 0. The largest absolute Gasteiger partial charge is 0.359 e. The van der Waals surface area contributed by atoms with E-state index in [2.05, 4.69) is 32.6 Å². The molecule has 0 bridgehead atoms. The number of guanidine groups is 1. The molecule has 0 radical (unpaired) electrons. The zero-order chi connectivity index (χ0) is 16.7. The van der Waals surface area contributed by atoms with Gasteiger partial charge in [-0.25, -0.2) is 0 Å². The number of aryl methyl sites for hydroxylation is 1. The molecule has 136 valence electrons. The quantitative estimate of drug-likeness (QED) is 0.407. The number of halogens is 1. The maximum atomic E-state index is 11.5. The lowest BCUT2D eigenvalue weighted by atomic mass is 9.93. The van der Waals surface area contributed by atoms with Crippen LogP contribution in [0.5, 0.6) is 0 Å². The highest BCUT2D eigenvalue weighted by Gasteiger charge is 2.23. The lowest BCUT2D eigenvalue weighted by molar-refractivity contribution is -0.121. The second kappa shape index (κ2) is 10.5. The Morgan fingerprint density at radius 3 is 2.71 bits per heavy atom. The number of piperidine rings is 1. The molecule has 2 N–H and O–H groups in total. The van der Waals surface area contributed by atoms with Crippen molar-refractivity contribution in [3.05, 3.63) is 17.5 Å². The minimum Gasteiger partial charge on any atom is -0.359 e. The van der Waals surface area contributed by atoms with Gasteiger partial charge in [0.15, 0.2) is 11.7 Å². The Bertz CT molecular complexity index is 538. The Morgan fingerprint density at radius 1 is 1.46 bits per heavy atom. The first kappa shape index (κ1) is 20.7. The molecule has 0 aromatic carbocycles. The molecule has 1 aromatic rings. The van der Waals surface area contributed by atoms with Gasteiger partial charge in [-0.2, -0.15) is 0 Å². The molecule has 0 atom stereocenters. The summed E-state index contributed by atoms with van der Waals surface area (Å²) in [5.74, 6) is 2.28. The molecule has 0 aliphatic carbocycles. The summed E-state index contributed by atoms with van der Waals surface area (Å²) in [6.07, 6.45) is 3.51. The predicted octanol–water partition coefficient (Wildman–Crippen LogP) is 1.78. The Hall–Kier alpha value is -1.32. The average Bonchev–Trinajstić information content (AvgIpc) is 3.04. The fourth-order valence-electron chi connectivity index (χ4n) is 2.82. The molecule has 2 rings (SSSR count). The monoisotopic (exact) mass is 449 g/mol. The van der Waals surface area contributed by atoms with Gasteiger partial charge in [-0.1, -0.05) is 12.1 Å². The van der Waals surface area contributed by atoms with Crippen LogP contribution in [-0.4, -0.2) is 49.1 Å². The van der Waals surface area contributed by atoms with Crippen molar-refractivity contribution in [2.45, 2.75) is 39.2 Å². The number of likely N-dealkylation sites (tertiary alicyclic amines) is 1. The molecule has 1 fully saturated rings. The maximum absolute atomic E-state index is 11.5. The van der Waals surface area contributed by atoms with E-state index < -0.39 is 0 Å². The van der Waals surface area contributed by atoms with E-state index in [1.165, 1.54) is 0 Å². The van der Waals surface area contributed by atoms with Gasteiger partial charge in [-0.15, -0.1) is 24.0 Å². The van der Waals surface area contributed by atoms with Gasteiger partial charge < -0.3 is 20.1 Å². The van der Waals surface area contributed by atoms with E-state index in [-0.39, 0.29) is 29.9 Å². The minimum absolute atomic E-state index is 0. The van der Waals surface area contributed by atoms with Gasteiger partial charge in [0.1, 0.15) is 0 Å². The van der Waals surface area contributed by atoms with E-state index >= 15 is 0 Å². The summed E-state index contributed by atoms with van der Waals surface area (Å²) in [6.45, 7) is 4.46. The van der Waals surface area contributed by atoms with E-state index in [1.807, 2.05) is 6.07 Å². The second-order valence-electron chi connectivity index (χ2n) is 5.85. The molecule has 8 heteroatoms. The van der Waals surface area contributed by atoms with Gasteiger partial charge in [-0.05, 0) is 25.2 Å². The van der Waals surface area contributed by atoms with Crippen molar-refractivity contribution in [3.8, 4) is 0 Å². The SMILES string of the molecule is CCc1cc(CNC(=NC)N2CCC(CC(=O)NC)CC2)on1.I. The Labute approximate surface area is 160 Å². The van der Waals surface area contributed by atoms with E-state index in [9.17, 15) is 4.79 Å². The van der Waals surface area contributed by atoms with Crippen LogP contribution in [0.25, 0.3) is 0 Å². The Morgan fingerprint density at radius 2 is 2.17 bits per heavy atom. The highest BCUT2D eigenvalue weighted by molar-refractivity contribution is 14.0. The van der Waals surface area contributed by atoms with Gasteiger partial charge in [-0.3, -0.25) is 9.79 Å². The summed E-state index contributed by atoms with van der Waals surface area (Å²) >= 11 is 0. The number of hydrogen-bond donors (Lipinski definition) is 2. The number of carbonyl (C=O) groups excluding carboxylic acids is 1. The Balaban J connectivity index is 0.00000288. The maximum Gasteiger partial charge on any atom is 0.220 e. The number of nitrogens with zero attached hydrogens (tertiary/aromatic N) is 3. The van der Waals surface area contributed by atoms with Crippen LogP contribution in [-0.2, 0) is 17.8 Å². The van der Waals surface area contributed by atoms with E-state index in [1.54, 1.807) is 14.1 Å². The molecule has 1 aliphatic heterocycles. The fourth-order valence-corrected chi connectivity index (χ4v) is 2.82. The lowest BCUT2D eigenvalue weighted by Crippen LogP contribution is -2.45. The summed E-state index contributed by atoms with van der Waals surface area (Å²) in [6, 6.07) is 1.97. The number of nitrogens with one attached hydrogen (secondary N) is 2. The first-order valence-electron chi connectivity index (χ1n) is 8.26. The molecule has 7 nitrogen and oxygen atoms in total. The normalized spacial score (nSPS) is 15.8. The molecule has 1 amide bonds. The molecule has 0 saturated carbocycles. The smallest absolute Gasteiger partial charge is 0.220 e. The van der Waals surface area contributed by atoms with Gasteiger partial charge in [0.05, 0.1) is 12.2 Å². The van der Waals surface area contributed by atoms with Crippen LogP contribution in [0, 0.1) is 5.92 Å². The molecule has 1 saturated heterocycles. The number of aromatic nitrogens is 1. The summed E-state index contributed by atoms with van der Waals surface area (Å²) in [5, 5.41) is 10.0. The van der Waals surface area contributed by atoms with E-state index in [0.717, 1.165) is 49.8 Å². The number of hydrogen-bond acceptors (Lipinski definition) is 4. The van der Waals surface area contributed by atoms with E-state index in [0.29, 0.717) is 18.9 Å². The first-order valence-corrected chi connectivity index (χ1v) is 8.26. The van der Waals surface area contributed by atoms with Gasteiger partial charge in [0, 0.05) is 39.7 Å². The van der Waals surface area contributed by atoms with E-state index in [4.69, 9.17) is 4.52 Å². The number of amides is 1. The third kappa shape index (κ3) is 5.95. The van der Waals surface area contributed by atoms with Crippen LogP contribution in [0.2, 0.25) is 0 Å². The molecule has 1 aliphatic rings. The summed E-state index contributed by atoms with van der Waals surface area (Å²) in [7, 11) is 3.48. The van der Waals surface area contributed by atoms with Crippen molar-refractivity contribution in [2.24, 2.45) is 10.9 Å². The number of aliphatic imine (C=N–C) groups is 1. The topological polar surface area (TPSA) is 82.8 Å². The molecule has 24 heavy (non-hydrogen) atoms. The zero-order valence-corrected chi connectivity index (χ0v) is 17.0. The van der Waals surface area contributed by atoms with Crippen molar-refractivity contribution in [3.63, 3.8) is 0 Å².